The fourth-order valence-electron chi connectivity index (χ4n) is 5.57. The number of carboxylic acid groups (broad SMARTS) is 1. The lowest BCUT2D eigenvalue weighted by Crippen LogP contribution is -2.57. The largest absolute Gasteiger partial charge is 0.480 e. The van der Waals surface area contributed by atoms with Gasteiger partial charge in [-0.05, 0) is 54.9 Å². The molecule has 35 heavy (non-hydrogen) atoms. The van der Waals surface area contributed by atoms with Crippen molar-refractivity contribution in [2.45, 2.75) is 57.9 Å². The van der Waals surface area contributed by atoms with Gasteiger partial charge in [0.15, 0.2) is 0 Å². The van der Waals surface area contributed by atoms with Crippen molar-refractivity contribution in [2.75, 3.05) is 19.7 Å². The van der Waals surface area contributed by atoms with Crippen LogP contribution in [0.3, 0.4) is 0 Å². The SMILES string of the molecule is CCC(CC)(CNC(=O)OCC1c2ccccc2-c2ccccc21)C(=O)N1CCCC1(C)C(=O)O. The first-order valence-corrected chi connectivity index (χ1v) is 12.4. The number of hydrogen-bond acceptors (Lipinski definition) is 4. The maximum atomic E-state index is 13.6. The van der Waals surface area contributed by atoms with E-state index < -0.39 is 23.0 Å². The maximum Gasteiger partial charge on any atom is 0.407 e. The number of carbonyl (C=O) groups excluding carboxylic acids is 2. The highest BCUT2D eigenvalue weighted by Crippen LogP contribution is 2.44. The molecule has 1 unspecified atom stereocenters. The first kappa shape index (κ1) is 24.8. The maximum absolute atomic E-state index is 13.6. The Bertz CT molecular complexity index is 1080. The third-order valence-corrected chi connectivity index (χ3v) is 8.07. The van der Waals surface area contributed by atoms with E-state index in [0.717, 1.165) is 22.3 Å². The molecule has 4 rings (SSSR count). The standard InChI is InChI=1S/C28H34N2O5/c1-4-28(5-2,24(31)30-16-10-15-27(30,3)25(32)33)18-29-26(34)35-17-23-21-13-8-6-11-19(21)20-12-7-9-14-22(20)23/h6-9,11-14,23H,4-5,10,15-18H2,1-3H3,(H,29,34)(H,32,33). The van der Waals surface area contributed by atoms with E-state index in [1.54, 1.807) is 6.92 Å². The van der Waals surface area contributed by atoms with Gasteiger partial charge in [-0.15, -0.1) is 0 Å². The van der Waals surface area contributed by atoms with Crippen LogP contribution in [-0.2, 0) is 14.3 Å². The summed E-state index contributed by atoms with van der Waals surface area (Å²) in [6, 6.07) is 16.3. The third-order valence-electron chi connectivity index (χ3n) is 8.07. The van der Waals surface area contributed by atoms with Gasteiger partial charge in [-0.25, -0.2) is 9.59 Å². The van der Waals surface area contributed by atoms with E-state index in [4.69, 9.17) is 4.74 Å². The Kier molecular flexibility index (Phi) is 6.88. The van der Waals surface area contributed by atoms with E-state index in [2.05, 4.69) is 29.6 Å². The molecule has 7 heteroatoms. The quantitative estimate of drug-likeness (QED) is 0.568. The molecule has 1 aliphatic heterocycles. The number of alkyl carbamates (subject to hydrolysis) is 1. The number of carbonyl (C=O) groups is 3. The van der Waals surface area contributed by atoms with E-state index >= 15 is 0 Å². The number of amides is 2. The number of aliphatic carboxylic acids is 1. The van der Waals surface area contributed by atoms with Crippen molar-refractivity contribution < 1.29 is 24.2 Å². The highest BCUT2D eigenvalue weighted by Gasteiger charge is 2.51. The number of benzene rings is 2. The number of ether oxygens (including phenoxy) is 1. The molecule has 0 spiro atoms. The van der Waals surface area contributed by atoms with Crippen molar-refractivity contribution in [3.63, 3.8) is 0 Å². The molecular formula is C28H34N2O5. The fraction of sp³-hybridized carbons (Fsp3) is 0.464. The molecule has 186 valence electrons. The van der Waals surface area contributed by atoms with Crippen LogP contribution in [0.4, 0.5) is 4.79 Å². The van der Waals surface area contributed by atoms with Crippen LogP contribution in [0.1, 0.15) is 63.5 Å². The van der Waals surface area contributed by atoms with Crippen LogP contribution in [0.2, 0.25) is 0 Å². The van der Waals surface area contributed by atoms with E-state index in [1.165, 1.54) is 4.90 Å². The van der Waals surface area contributed by atoms with Crippen molar-refractivity contribution >= 4 is 18.0 Å². The summed E-state index contributed by atoms with van der Waals surface area (Å²) in [5.41, 5.74) is 2.49. The second kappa shape index (κ2) is 9.72. The Morgan fingerprint density at radius 2 is 1.63 bits per heavy atom. The number of fused-ring (bicyclic) bond motifs is 3. The Morgan fingerprint density at radius 1 is 1.06 bits per heavy atom. The lowest BCUT2D eigenvalue weighted by Gasteiger charge is -2.40. The molecular weight excluding hydrogens is 444 g/mol. The van der Waals surface area contributed by atoms with Gasteiger partial charge in [0, 0.05) is 19.0 Å². The molecule has 0 aromatic heterocycles. The van der Waals surface area contributed by atoms with Crippen molar-refractivity contribution in [2.24, 2.45) is 5.41 Å². The summed E-state index contributed by atoms with van der Waals surface area (Å²) >= 11 is 0. The zero-order chi connectivity index (χ0) is 25.2. The topological polar surface area (TPSA) is 95.9 Å². The third kappa shape index (κ3) is 4.28. The monoisotopic (exact) mass is 478 g/mol. The molecule has 0 saturated carbocycles. The number of likely N-dealkylation sites (tertiary alicyclic amines) is 1. The van der Waals surface area contributed by atoms with Crippen molar-refractivity contribution in [1.82, 2.24) is 10.2 Å². The second-order valence-electron chi connectivity index (χ2n) is 9.81. The molecule has 1 aliphatic carbocycles. The molecule has 0 radical (unpaired) electrons. The average molecular weight is 479 g/mol. The number of rotatable bonds is 8. The van der Waals surface area contributed by atoms with Gasteiger partial charge < -0.3 is 20.1 Å². The number of hydrogen-bond donors (Lipinski definition) is 2. The Labute approximate surface area is 206 Å². The minimum Gasteiger partial charge on any atom is -0.480 e. The van der Waals surface area contributed by atoms with Gasteiger partial charge in [0.25, 0.3) is 0 Å². The van der Waals surface area contributed by atoms with Crippen LogP contribution in [0.5, 0.6) is 0 Å². The molecule has 2 amide bonds. The highest BCUT2D eigenvalue weighted by atomic mass is 16.5. The van der Waals surface area contributed by atoms with Crippen molar-refractivity contribution in [3.8, 4) is 11.1 Å². The van der Waals surface area contributed by atoms with Gasteiger partial charge in [0.05, 0.1) is 5.41 Å². The summed E-state index contributed by atoms with van der Waals surface area (Å²) in [6.07, 6.45) is 1.47. The van der Waals surface area contributed by atoms with Gasteiger partial charge in [-0.1, -0.05) is 62.4 Å². The van der Waals surface area contributed by atoms with Gasteiger partial charge in [-0.3, -0.25) is 4.79 Å². The van der Waals surface area contributed by atoms with Crippen LogP contribution in [0.15, 0.2) is 48.5 Å². The molecule has 7 nitrogen and oxygen atoms in total. The Balaban J connectivity index is 1.43. The summed E-state index contributed by atoms with van der Waals surface area (Å²) in [6.45, 7) is 6.11. The van der Waals surface area contributed by atoms with Gasteiger partial charge in [0.1, 0.15) is 12.1 Å². The van der Waals surface area contributed by atoms with Crippen molar-refractivity contribution in [1.29, 1.82) is 0 Å². The lowest BCUT2D eigenvalue weighted by atomic mass is 9.79. The second-order valence-corrected chi connectivity index (χ2v) is 9.81. The number of nitrogens with zero attached hydrogens (tertiary/aromatic N) is 1. The smallest absolute Gasteiger partial charge is 0.407 e. The molecule has 2 aromatic rings. The number of nitrogens with one attached hydrogen (secondary N) is 1. The van der Waals surface area contributed by atoms with Gasteiger partial charge in [-0.2, -0.15) is 0 Å². The molecule has 1 heterocycles. The molecule has 2 N–H and O–H groups in total. The predicted molar refractivity (Wildman–Crippen MR) is 133 cm³/mol. The first-order valence-electron chi connectivity index (χ1n) is 12.4. The fourth-order valence-corrected chi connectivity index (χ4v) is 5.57. The summed E-state index contributed by atoms with van der Waals surface area (Å²) in [7, 11) is 0. The summed E-state index contributed by atoms with van der Waals surface area (Å²) < 4.78 is 5.64. The summed E-state index contributed by atoms with van der Waals surface area (Å²) in [4.78, 5) is 39.7. The van der Waals surface area contributed by atoms with Crippen LogP contribution in [-0.4, -0.2) is 53.2 Å². The Morgan fingerprint density at radius 3 is 2.17 bits per heavy atom. The lowest BCUT2D eigenvalue weighted by molar-refractivity contribution is -0.160. The molecule has 1 atom stereocenters. The van der Waals surface area contributed by atoms with Gasteiger partial charge in [0.2, 0.25) is 5.91 Å². The molecule has 2 aliphatic rings. The van der Waals surface area contributed by atoms with Crippen LogP contribution < -0.4 is 5.32 Å². The molecule has 1 fully saturated rings. The summed E-state index contributed by atoms with van der Waals surface area (Å²) in [5, 5.41) is 12.6. The summed E-state index contributed by atoms with van der Waals surface area (Å²) in [5.74, 6) is -1.25. The zero-order valence-corrected chi connectivity index (χ0v) is 20.7. The predicted octanol–water partition coefficient (Wildman–Crippen LogP) is 4.80. The normalized spacial score (nSPS) is 19.2. The Hall–Kier alpha value is -3.35. The van der Waals surface area contributed by atoms with E-state index in [0.29, 0.717) is 32.2 Å². The zero-order valence-electron chi connectivity index (χ0n) is 20.7. The van der Waals surface area contributed by atoms with E-state index in [9.17, 15) is 19.5 Å². The number of carboxylic acids is 1. The molecule has 1 saturated heterocycles. The van der Waals surface area contributed by atoms with E-state index in [1.807, 2.05) is 38.1 Å². The molecule has 0 bridgehead atoms. The van der Waals surface area contributed by atoms with E-state index in [-0.39, 0.29) is 25.0 Å². The minimum absolute atomic E-state index is 0.0437. The average Bonchev–Trinajstić information content (AvgIpc) is 3.42. The van der Waals surface area contributed by atoms with Crippen LogP contribution in [0.25, 0.3) is 11.1 Å². The van der Waals surface area contributed by atoms with Crippen molar-refractivity contribution in [3.05, 3.63) is 59.7 Å². The first-order chi connectivity index (χ1) is 16.8. The highest BCUT2D eigenvalue weighted by molar-refractivity contribution is 5.91. The molecule has 2 aromatic carbocycles. The van der Waals surface area contributed by atoms with Gasteiger partial charge >= 0.3 is 12.1 Å². The van der Waals surface area contributed by atoms with Crippen LogP contribution >= 0.6 is 0 Å². The minimum atomic E-state index is -1.21. The van der Waals surface area contributed by atoms with Crippen LogP contribution in [0, 0.1) is 5.41 Å².